The summed E-state index contributed by atoms with van der Waals surface area (Å²) in [5, 5.41) is 6.19. The van der Waals surface area contributed by atoms with Crippen molar-refractivity contribution in [3.05, 3.63) is 96.0 Å². The molecule has 1 aliphatic carbocycles. The van der Waals surface area contributed by atoms with Crippen molar-refractivity contribution in [2.24, 2.45) is 11.3 Å². The Balaban J connectivity index is 1.35. The van der Waals surface area contributed by atoms with E-state index < -0.39 is 74.5 Å². The van der Waals surface area contributed by atoms with Gasteiger partial charge in [0.25, 0.3) is 15.9 Å². The quantitative estimate of drug-likeness (QED) is 0.132. The molecule has 0 bridgehead atoms. The van der Waals surface area contributed by atoms with Gasteiger partial charge in [0.2, 0.25) is 11.8 Å². The Hall–Kier alpha value is -5.48. The van der Waals surface area contributed by atoms with E-state index in [9.17, 15) is 27.6 Å². The van der Waals surface area contributed by atoms with E-state index in [-0.39, 0.29) is 24.3 Å². The molecule has 318 valence electrons. The monoisotopic (exact) mass is 903 g/mol. The summed E-state index contributed by atoms with van der Waals surface area (Å²) >= 11 is 3.28. The highest BCUT2D eigenvalue weighted by Gasteiger charge is 2.61. The molecule has 3 aromatic carbocycles. The van der Waals surface area contributed by atoms with Crippen LogP contribution in [0.3, 0.4) is 0 Å². The van der Waals surface area contributed by atoms with Gasteiger partial charge in [0.1, 0.15) is 40.8 Å². The number of carbonyl (C=O) groups is 4. The number of amides is 4. The molecule has 1 saturated carbocycles. The first kappa shape index (κ1) is 44.1. The van der Waals surface area contributed by atoms with Crippen LogP contribution >= 0.6 is 15.9 Å². The third kappa shape index (κ3) is 9.76. The molecule has 1 aliphatic heterocycles. The molecular weight excluding hydrogens is 854 g/mol. The largest absolute Gasteiger partial charge is 0.497 e. The van der Waals surface area contributed by atoms with E-state index in [4.69, 9.17) is 19.2 Å². The Morgan fingerprint density at radius 1 is 0.983 bits per heavy atom. The van der Waals surface area contributed by atoms with E-state index in [1.165, 1.54) is 35.2 Å². The van der Waals surface area contributed by atoms with Crippen LogP contribution in [0.5, 0.6) is 11.5 Å². The predicted octanol–water partition coefficient (Wildman–Crippen LogP) is 6.53. The fourth-order valence-corrected chi connectivity index (χ4v) is 8.48. The number of fused-ring (bicyclic) bond motifs is 1. The summed E-state index contributed by atoms with van der Waals surface area (Å²) < 4.78 is 47.1. The zero-order chi connectivity index (χ0) is 43.8. The van der Waals surface area contributed by atoms with Crippen LogP contribution in [0.25, 0.3) is 22.2 Å². The fourth-order valence-electron chi connectivity index (χ4n) is 7.17. The molecule has 1 aromatic heterocycles. The molecule has 4 amide bonds. The molecule has 4 aromatic rings. The van der Waals surface area contributed by atoms with Crippen molar-refractivity contribution < 1.29 is 41.8 Å². The third-order valence-corrected chi connectivity index (χ3v) is 12.2. The van der Waals surface area contributed by atoms with E-state index in [0.717, 1.165) is 5.56 Å². The molecule has 1 saturated heterocycles. The van der Waals surface area contributed by atoms with E-state index in [0.29, 0.717) is 32.6 Å². The minimum Gasteiger partial charge on any atom is -0.497 e. The maximum atomic E-state index is 14.8. The number of likely N-dealkylation sites (tertiary alicyclic amines) is 1. The van der Waals surface area contributed by atoms with Gasteiger partial charge >= 0.3 is 6.09 Å². The lowest BCUT2D eigenvalue weighted by molar-refractivity contribution is -0.143. The van der Waals surface area contributed by atoms with Gasteiger partial charge in [0.05, 0.1) is 29.8 Å². The van der Waals surface area contributed by atoms with Crippen molar-refractivity contribution in [2.45, 2.75) is 88.6 Å². The Labute approximate surface area is 358 Å². The summed E-state index contributed by atoms with van der Waals surface area (Å²) in [4.78, 5) is 62.4. The highest BCUT2D eigenvalue weighted by Crippen LogP contribution is 2.45. The van der Waals surface area contributed by atoms with Crippen LogP contribution in [-0.4, -0.2) is 85.1 Å². The van der Waals surface area contributed by atoms with E-state index >= 15 is 0 Å². The number of benzene rings is 3. The topological polar surface area (TPSA) is 182 Å². The van der Waals surface area contributed by atoms with Gasteiger partial charge in [-0.05, 0) is 69.0 Å². The molecule has 2 heterocycles. The SMILES string of the molecule is C=CC1C[C@]1(NC(=O)[C@@H]1C[C@@H](Oc2cc(-c3ccccc3)nc3cc(OC)ccc23)CN1C(=O)[C@@H](NC(=O)OC(C)(C)C)C(C)(C)C)C(=O)NS(=O)(=O)c1ccc(Br)cc1. The molecule has 14 nitrogen and oxygen atoms in total. The van der Waals surface area contributed by atoms with Crippen LogP contribution in [-0.2, 0) is 29.1 Å². The van der Waals surface area contributed by atoms with Crippen molar-refractivity contribution in [1.29, 1.82) is 0 Å². The molecule has 60 heavy (non-hydrogen) atoms. The maximum Gasteiger partial charge on any atom is 0.408 e. The van der Waals surface area contributed by atoms with Gasteiger partial charge in [-0.2, -0.15) is 0 Å². The first-order valence-electron chi connectivity index (χ1n) is 19.4. The molecule has 1 unspecified atom stereocenters. The number of carbonyl (C=O) groups excluding carboxylic acids is 4. The first-order valence-corrected chi connectivity index (χ1v) is 21.7. The van der Waals surface area contributed by atoms with Crippen LogP contribution in [0, 0.1) is 11.3 Å². The minimum atomic E-state index is -4.33. The minimum absolute atomic E-state index is 0.0187. The van der Waals surface area contributed by atoms with Gasteiger partial charge in [-0.3, -0.25) is 14.4 Å². The second-order valence-corrected chi connectivity index (χ2v) is 19.7. The third-order valence-electron chi connectivity index (χ3n) is 10.4. The summed E-state index contributed by atoms with van der Waals surface area (Å²) in [7, 11) is -2.77. The number of nitrogens with zero attached hydrogens (tertiary/aromatic N) is 2. The maximum absolute atomic E-state index is 14.8. The molecule has 5 atom stereocenters. The van der Waals surface area contributed by atoms with Crippen molar-refractivity contribution in [3.8, 4) is 22.8 Å². The normalized spacial score (nSPS) is 20.7. The number of hydrogen-bond donors (Lipinski definition) is 3. The van der Waals surface area contributed by atoms with Gasteiger partial charge in [-0.1, -0.05) is 73.1 Å². The van der Waals surface area contributed by atoms with Gasteiger partial charge in [-0.15, -0.1) is 6.58 Å². The number of rotatable bonds is 12. The fraction of sp³-hybridized carbons (Fsp3) is 0.386. The van der Waals surface area contributed by atoms with Crippen LogP contribution in [0.1, 0.15) is 54.4 Å². The summed E-state index contributed by atoms with van der Waals surface area (Å²) in [5.41, 5.74) is -1.33. The Morgan fingerprint density at radius 2 is 1.67 bits per heavy atom. The van der Waals surface area contributed by atoms with Crippen molar-refractivity contribution >= 4 is 60.7 Å². The number of alkyl carbamates (subject to hydrolysis) is 1. The lowest BCUT2D eigenvalue weighted by Crippen LogP contribution is -2.60. The lowest BCUT2D eigenvalue weighted by atomic mass is 9.85. The lowest BCUT2D eigenvalue weighted by Gasteiger charge is -2.36. The average molecular weight is 905 g/mol. The Kier molecular flexibility index (Phi) is 12.4. The molecule has 0 spiro atoms. The highest BCUT2D eigenvalue weighted by molar-refractivity contribution is 9.10. The van der Waals surface area contributed by atoms with Crippen LogP contribution < -0.4 is 24.8 Å². The summed E-state index contributed by atoms with van der Waals surface area (Å²) in [6.07, 6.45) is -0.0475. The van der Waals surface area contributed by atoms with Gasteiger partial charge in [0, 0.05) is 39.9 Å². The number of ether oxygens (including phenoxy) is 3. The highest BCUT2D eigenvalue weighted by atomic mass is 79.9. The van der Waals surface area contributed by atoms with Crippen molar-refractivity contribution in [2.75, 3.05) is 13.7 Å². The first-order chi connectivity index (χ1) is 28.1. The predicted molar refractivity (Wildman–Crippen MR) is 230 cm³/mol. The number of sulfonamides is 1. The smallest absolute Gasteiger partial charge is 0.408 e. The van der Waals surface area contributed by atoms with Crippen molar-refractivity contribution in [1.82, 2.24) is 25.2 Å². The average Bonchev–Trinajstić information content (AvgIpc) is 3.74. The van der Waals surface area contributed by atoms with Crippen LogP contribution in [0.4, 0.5) is 4.79 Å². The second kappa shape index (κ2) is 16.9. The molecule has 0 radical (unpaired) electrons. The summed E-state index contributed by atoms with van der Waals surface area (Å²) in [6, 6.07) is 20.1. The number of pyridine rings is 1. The van der Waals surface area contributed by atoms with E-state index in [1.54, 1.807) is 66.9 Å². The van der Waals surface area contributed by atoms with Crippen LogP contribution in [0.2, 0.25) is 0 Å². The van der Waals surface area contributed by atoms with E-state index in [2.05, 4.69) is 37.9 Å². The molecule has 6 rings (SSSR count). The molecule has 16 heteroatoms. The Bertz CT molecular complexity index is 2420. The number of methoxy groups -OCH3 is 1. The molecule has 3 N–H and O–H groups in total. The number of nitrogens with one attached hydrogen (secondary N) is 3. The molecule has 2 aliphatic rings. The van der Waals surface area contributed by atoms with Gasteiger partial charge in [0.15, 0.2) is 0 Å². The standard InChI is InChI=1S/C44H50BrN5O9S/c1-9-27-24-44(27,40(53)49-60(55,56)31-18-15-28(45)16-19-31)48-38(51)35-22-30(25-50(35)39(52)37(42(2,3)4)47-41(54)59-43(5,6)7)58-36-23-33(26-13-11-10-12-14-26)46-34-21-29(57-8)17-20-32(34)36/h9-21,23,27,30,35,37H,1,22,24-25H2,2-8H3,(H,47,54)(H,48,51)(H,49,53)/t27?,30-,35+,37-,44-/m1/s1. The van der Waals surface area contributed by atoms with Crippen molar-refractivity contribution in [3.63, 3.8) is 0 Å². The Morgan fingerprint density at radius 3 is 2.27 bits per heavy atom. The van der Waals surface area contributed by atoms with Gasteiger partial charge in [-0.25, -0.2) is 22.9 Å². The zero-order valence-corrected chi connectivity index (χ0v) is 37.0. The van der Waals surface area contributed by atoms with E-state index in [1.807, 2.05) is 36.4 Å². The van der Waals surface area contributed by atoms with Gasteiger partial charge < -0.3 is 29.7 Å². The van der Waals surface area contributed by atoms with Crippen LogP contribution in [0.15, 0.2) is 101 Å². The molecular formula is C44H50BrN5O9S. The summed E-state index contributed by atoms with van der Waals surface area (Å²) in [6.45, 7) is 14.2. The second-order valence-electron chi connectivity index (χ2n) is 17.1. The molecule has 2 fully saturated rings. The number of hydrogen-bond acceptors (Lipinski definition) is 10. The number of aromatic nitrogens is 1. The number of halogens is 1. The zero-order valence-electron chi connectivity index (χ0n) is 34.6. The summed E-state index contributed by atoms with van der Waals surface area (Å²) in [5.74, 6) is -1.81.